The van der Waals surface area contributed by atoms with Crippen LogP contribution in [-0.4, -0.2) is 57.0 Å². The summed E-state index contributed by atoms with van der Waals surface area (Å²) >= 11 is 3.39. The lowest BCUT2D eigenvalue weighted by Gasteiger charge is -2.44. The van der Waals surface area contributed by atoms with Crippen LogP contribution in [0.1, 0.15) is 32.3 Å². The smallest absolute Gasteiger partial charge is 0.332 e. The molecule has 0 saturated carbocycles. The highest BCUT2D eigenvalue weighted by molar-refractivity contribution is 8.22. The molecule has 0 radical (unpaired) electrons. The molecule has 1 aromatic carbocycles. The molecular formula is C23H30N2O3S2. The number of likely N-dealkylation sites (tertiary alicyclic amines) is 1. The van der Waals surface area contributed by atoms with Gasteiger partial charge in [-0.3, -0.25) is 4.79 Å². The molecule has 3 heterocycles. The zero-order chi connectivity index (χ0) is 21.1. The maximum absolute atomic E-state index is 13.1. The summed E-state index contributed by atoms with van der Waals surface area (Å²) in [6, 6.07) is 8.28. The van der Waals surface area contributed by atoms with E-state index < -0.39 is 4.08 Å². The number of ether oxygens (including phenoxy) is 1. The predicted octanol–water partition coefficient (Wildman–Crippen LogP) is 4.32. The molecule has 2 fully saturated rings. The van der Waals surface area contributed by atoms with Crippen LogP contribution in [0, 0.1) is 11.8 Å². The number of rotatable bonds is 7. The number of aromatic nitrogens is 1. The standard InChI is InChI=1S/C23H30N2O3S2/c1-3-16-15-25(10-9-17-14-24-20-8-6-5-7-18(17)20)21(26)13-19(16)23(22(27)28-4-2)29-11-12-30-23/h5-8,14,16,19,24H,3-4,9-13,15H2,1-2H3/t16-,19-/m0/s1. The second-order valence-electron chi connectivity index (χ2n) is 8.01. The Morgan fingerprint density at radius 2 is 2.03 bits per heavy atom. The summed E-state index contributed by atoms with van der Waals surface area (Å²) in [4.78, 5) is 31.4. The summed E-state index contributed by atoms with van der Waals surface area (Å²) in [5.41, 5.74) is 2.38. The lowest BCUT2D eigenvalue weighted by Crippen LogP contribution is -2.53. The van der Waals surface area contributed by atoms with Gasteiger partial charge < -0.3 is 14.6 Å². The molecule has 0 bridgehead atoms. The largest absolute Gasteiger partial charge is 0.464 e. The molecule has 1 aromatic heterocycles. The van der Waals surface area contributed by atoms with Crippen molar-refractivity contribution in [3.8, 4) is 0 Å². The van der Waals surface area contributed by atoms with E-state index in [1.54, 1.807) is 23.5 Å². The Bertz CT molecular complexity index is 907. The minimum Gasteiger partial charge on any atom is -0.464 e. The predicted molar refractivity (Wildman–Crippen MR) is 125 cm³/mol. The van der Waals surface area contributed by atoms with Gasteiger partial charge in [0.2, 0.25) is 5.91 Å². The Morgan fingerprint density at radius 1 is 1.27 bits per heavy atom. The van der Waals surface area contributed by atoms with E-state index in [-0.39, 0.29) is 17.8 Å². The van der Waals surface area contributed by atoms with Gasteiger partial charge in [0.25, 0.3) is 0 Å². The van der Waals surface area contributed by atoms with Crippen LogP contribution in [-0.2, 0) is 20.7 Å². The maximum atomic E-state index is 13.1. The number of nitrogens with one attached hydrogen (secondary N) is 1. The average molecular weight is 447 g/mol. The Kier molecular flexibility index (Phi) is 6.68. The first-order chi connectivity index (χ1) is 14.6. The van der Waals surface area contributed by atoms with Gasteiger partial charge in [-0.1, -0.05) is 31.5 Å². The minimum atomic E-state index is -0.616. The highest BCUT2D eigenvalue weighted by Crippen LogP contribution is 2.55. The van der Waals surface area contributed by atoms with Crippen molar-refractivity contribution in [1.82, 2.24) is 9.88 Å². The number of para-hydroxylation sites is 1. The van der Waals surface area contributed by atoms with Crippen molar-refractivity contribution in [2.75, 3.05) is 31.2 Å². The molecule has 5 nitrogen and oxygen atoms in total. The summed E-state index contributed by atoms with van der Waals surface area (Å²) in [6.45, 7) is 5.86. The minimum absolute atomic E-state index is 0.0379. The number of hydrogen-bond acceptors (Lipinski definition) is 5. The van der Waals surface area contributed by atoms with Crippen LogP contribution in [0.25, 0.3) is 10.9 Å². The third-order valence-electron chi connectivity index (χ3n) is 6.39. The molecule has 30 heavy (non-hydrogen) atoms. The molecule has 2 aliphatic heterocycles. The van der Waals surface area contributed by atoms with E-state index in [1.807, 2.05) is 17.9 Å². The number of H-pyrrole nitrogens is 1. The number of nitrogens with zero attached hydrogens (tertiary/aromatic N) is 1. The van der Waals surface area contributed by atoms with Crippen LogP contribution in [0.2, 0.25) is 0 Å². The van der Waals surface area contributed by atoms with Crippen LogP contribution in [0.15, 0.2) is 30.5 Å². The fourth-order valence-electron chi connectivity index (χ4n) is 4.81. The number of amides is 1. The van der Waals surface area contributed by atoms with Gasteiger partial charge in [0.05, 0.1) is 6.61 Å². The first-order valence-corrected chi connectivity index (χ1v) is 12.8. The molecule has 7 heteroatoms. The first-order valence-electron chi connectivity index (χ1n) is 10.9. The number of benzene rings is 1. The van der Waals surface area contributed by atoms with Crippen LogP contribution in [0.5, 0.6) is 0 Å². The molecule has 2 aliphatic rings. The summed E-state index contributed by atoms with van der Waals surface area (Å²) in [5.74, 6) is 2.26. The molecule has 0 spiro atoms. The van der Waals surface area contributed by atoms with Gasteiger partial charge in [0.15, 0.2) is 4.08 Å². The topological polar surface area (TPSA) is 62.4 Å². The molecular weight excluding hydrogens is 416 g/mol. The first kappa shape index (κ1) is 21.6. The van der Waals surface area contributed by atoms with Gasteiger partial charge in [0, 0.05) is 54.0 Å². The second-order valence-corrected chi connectivity index (χ2v) is 11.0. The van der Waals surface area contributed by atoms with Crippen molar-refractivity contribution in [1.29, 1.82) is 0 Å². The van der Waals surface area contributed by atoms with Gasteiger partial charge in [-0.15, -0.1) is 23.5 Å². The van der Waals surface area contributed by atoms with Gasteiger partial charge >= 0.3 is 5.97 Å². The fraction of sp³-hybridized carbons (Fsp3) is 0.565. The molecule has 1 N–H and O–H groups in total. The monoisotopic (exact) mass is 446 g/mol. The molecule has 4 rings (SSSR count). The Labute approximate surface area is 186 Å². The third-order valence-corrected chi connectivity index (χ3v) is 9.96. The van der Waals surface area contributed by atoms with Crippen LogP contribution >= 0.6 is 23.5 Å². The maximum Gasteiger partial charge on any atom is 0.332 e. The molecule has 0 aliphatic carbocycles. The Morgan fingerprint density at radius 3 is 2.77 bits per heavy atom. The number of aromatic amines is 1. The van der Waals surface area contributed by atoms with E-state index in [9.17, 15) is 9.59 Å². The summed E-state index contributed by atoms with van der Waals surface area (Å²) in [6.07, 6.45) is 4.29. The lowest BCUT2D eigenvalue weighted by atomic mass is 9.80. The van der Waals surface area contributed by atoms with E-state index in [1.165, 1.54) is 10.9 Å². The lowest BCUT2D eigenvalue weighted by molar-refractivity contribution is -0.147. The molecule has 1 amide bonds. The molecule has 162 valence electrons. The van der Waals surface area contributed by atoms with Gasteiger partial charge in [-0.05, 0) is 30.9 Å². The van der Waals surface area contributed by atoms with E-state index in [0.29, 0.717) is 18.9 Å². The number of hydrogen-bond donors (Lipinski definition) is 1. The summed E-state index contributed by atoms with van der Waals surface area (Å²) in [5, 5.41) is 1.23. The zero-order valence-electron chi connectivity index (χ0n) is 17.7. The fourth-order valence-corrected chi connectivity index (χ4v) is 8.25. The van der Waals surface area contributed by atoms with Crippen molar-refractivity contribution in [2.24, 2.45) is 11.8 Å². The van der Waals surface area contributed by atoms with Crippen molar-refractivity contribution < 1.29 is 14.3 Å². The average Bonchev–Trinajstić information content (AvgIpc) is 3.41. The molecule has 2 saturated heterocycles. The number of carbonyl (C=O) groups excluding carboxylic acids is 2. The Hall–Kier alpha value is -1.60. The van der Waals surface area contributed by atoms with Crippen LogP contribution in [0.4, 0.5) is 0 Å². The summed E-state index contributed by atoms with van der Waals surface area (Å²) in [7, 11) is 0. The van der Waals surface area contributed by atoms with E-state index in [2.05, 4.69) is 36.3 Å². The second kappa shape index (κ2) is 9.27. The molecule has 0 unspecified atom stereocenters. The number of esters is 1. The van der Waals surface area contributed by atoms with Crippen LogP contribution in [0.3, 0.4) is 0 Å². The number of piperidine rings is 1. The number of fused-ring (bicyclic) bond motifs is 1. The SMILES string of the molecule is CCOC(=O)C1([C@H]2CC(=O)N(CCc3c[nH]c4ccccc34)C[C@@H]2CC)SCCS1. The van der Waals surface area contributed by atoms with Crippen molar-refractivity contribution in [3.63, 3.8) is 0 Å². The summed E-state index contributed by atoms with van der Waals surface area (Å²) < 4.78 is 4.85. The number of thioether (sulfide) groups is 2. The Balaban J connectivity index is 1.48. The van der Waals surface area contributed by atoms with E-state index in [0.717, 1.165) is 43.0 Å². The van der Waals surface area contributed by atoms with Crippen molar-refractivity contribution in [2.45, 2.75) is 37.2 Å². The zero-order valence-corrected chi connectivity index (χ0v) is 19.3. The molecule has 2 atom stereocenters. The number of carbonyl (C=O) groups is 2. The van der Waals surface area contributed by atoms with E-state index in [4.69, 9.17) is 4.74 Å². The van der Waals surface area contributed by atoms with Gasteiger partial charge in [-0.25, -0.2) is 4.79 Å². The van der Waals surface area contributed by atoms with Gasteiger partial charge in [0.1, 0.15) is 0 Å². The van der Waals surface area contributed by atoms with Gasteiger partial charge in [-0.2, -0.15) is 0 Å². The third kappa shape index (κ3) is 3.98. The quantitative estimate of drug-likeness (QED) is 0.642. The van der Waals surface area contributed by atoms with Crippen molar-refractivity contribution in [3.05, 3.63) is 36.0 Å². The molecule has 2 aromatic rings. The van der Waals surface area contributed by atoms with Crippen molar-refractivity contribution >= 4 is 46.3 Å². The normalized spacial score (nSPS) is 23.8. The highest BCUT2D eigenvalue weighted by Gasteiger charge is 2.55. The highest BCUT2D eigenvalue weighted by atomic mass is 32.2. The van der Waals surface area contributed by atoms with Crippen LogP contribution < -0.4 is 0 Å². The van der Waals surface area contributed by atoms with E-state index >= 15 is 0 Å².